The molecular weight excluding hydrogens is 252 g/mol. The maximum Gasteiger partial charge on any atom is 0.163 e. The van der Waals surface area contributed by atoms with E-state index in [0.29, 0.717) is 16.6 Å². The third-order valence-corrected chi connectivity index (χ3v) is 2.50. The van der Waals surface area contributed by atoms with Crippen LogP contribution in [0.2, 0.25) is 5.02 Å². The highest BCUT2D eigenvalue weighted by atomic mass is 35.5. The summed E-state index contributed by atoms with van der Waals surface area (Å²) in [5.74, 6) is 1.14. The van der Waals surface area contributed by atoms with E-state index < -0.39 is 0 Å². The minimum atomic E-state index is 0.272. The second-order valence-corrected chi connectivity index (χ2v) is 3.80. The molecule has 5 nitrogen and oxygen atoms in total. The summed E-state index contributed by atoms with van der Waals surface area (Å²) in [6.45, 7) is 0. The first kappa shape index (κ1) is 12.1. The van der Waals surface area contributed by atoms with Crippen molar-refractivity contribution in [2.45, 2.75) is 0 Å². The van der Waals surface area contributed by atoms with E-state index in [2.05, 4.69) is 15.5 Å². The van der Waals surface area contributed by atoms with Gasteiger partial charge in [0.15, 0.2) is 11.5 Å². The van der Waals surface area contributed by atoms with Crippen molar-refractivity contribution in [3.8, 4) is 11.8 Å². The van der Waals surface area contributed by atoms with Crippen LogP contribution in [0.5, 0.6) is 5.75 Å². The lowest BCUT2D eigenvalue weighted by molar-refractivity contribution is 0.415. The van der Waals surface area contributed by atoms with Gasteiger partial charge in [-0.1, -0.05) is 11.6 Å². The first-order valence-electron chi connectivity index (χ1n) is 5.07. The van der Waals surface area contributed by atoms with E-state index in [-0.39, 0.29) is 5.69 Å². The Labute approximate surface area is 109 Å². The Kier molecular flexibility index (Phi) is 3.60. The summed E-state index contributed by atoms with van der Waals surface area (Å²) < 4.78 is 5.06. The normalized spacial score (nSPS) is 9.61. The molecular formula is C12H9ClN4O. The van der Waals surface area contributed by atoms with Crippen molar-refractivity contribution in [1.29, 1.82) is 5.26 Å². The fraction of sp³-hybridized carbons (Fsp3) is 0.0833. The standard InChI is InChI=1S/C12H9ClN4O/c1-18-11-4-2-8(6-10(11)13)15-12-5-3-9(7-14)16-17-12/h2-6H,1H3,(H,15,17). The van der Waals surface area contributed by atoms with E-state index in [0.717, 1.165) is 5.69 Å². The van der Waals surface area contributed by atoms with Gasteiger partial charge in [0, 0.05) is 5.69 Å². The van der Waals surface area contributed by atoms with Gasteiger partial charge in [0.2, 0.25) is 0 Å². The van der Waals surface area contributed by atoms with Crippen molar-refractivity contribution in [3.63, 3.8) is 0 Å². The smallest absolute Gasteiger partial charge is 0.163 e. The number of nitrogens with one attached hydrogen (secondary N) is 1. The molecule has 0 amide bonds. The van der Waals surface area contributed by atoms with E-state index in [4.69, 9.17) is 21.6 Å². The predicted molar refractivity (Wildman–Crippen MR) is 68.0 cm³/mol. The number of hydrogen-bond acceptors (Lipinski definition) is 5. The summed E-state index contributed by atoms with van der Waals surface area (Å²) in [4.78, 5) is 0. The maximum absolute atomic E-state index is 8.61. The van der Waals surface area contributed by atoms with Crippen LogP contribution >= 0.6 is 11.6 Å². The van der Waals surface area contributed by atoms with Gasteiger partial charge < -0.3 is 10.1 Å². The zero-order valence-electron chi connectivity index (χ0n) is 9.51. The summed E-state index contributed by atoms with van der Waals surface area (Å²) in [5, 5.41) is 19.7. The van der Waals surface area contributed by atoms with Crippen molar-refractivity contribution in [3.05, 3.63) is 41.0 Å². The average molecular weight is 261 g/mol. The Morgan fingerprint density at radius 1 is 1.28 bits per heavy atom. The summed E-state index contributed by atoms with van der Waals surface area (Å²) >= 11 is 6.00. The lowest BCUT2D eigenvalue weighted by Gasteiger charge is -2.07. The number of ether oxygens (including phenoxy) is 1. The number of methoxy groups -OCH3 is 1. The number of benzene rings is 1. The van der Waals surface area contributed by atoms with Crippen LogP contribution in [0.25, 0.3) is 0 Å². The average Bonchev–Trinajstić information content (AvgIpc) is 2.40. The minimum absolute atomic E-state index is 0.272. The van der Waals surface area contributed by atoms with Gasteiger partial charge in [-0.25, -0.2) is 0 Å². The molecule has 0 spiro atoms. The van der Waals surface area contributed by atoms with Gasteiger partial charge in [-0.3, -0.25) is 0 Å². The third kappa shape index (κ3) is 2.67. The van der Waals surface area contributed by atoms with Crippen molar-refractivity contribution in [2.75, 3.05) is 12.4 Å². The van der Waals surface area contributed by atoms with Gasteiger partial charge >= 0.3 is 0 Å². The summed E-state index contributed by atoms with van der Waals surface area (Å²) in [6, 6.07) is 10.4. The van der Waals surface area contributed by atoms with Gasteiger partial charge in [0.05, 0.1) is 12.1 Å². The number of aromatic nitrogens is 2. The van der Waals surface area contributed by atoms with Crippen LogP contribution in [0.4, 0.5) is 11.5 Å². The number of halogens is 1. The van der Waals surface area contributed by atoms with Crippen LogP contribution < -0.4 is 10.1 Å². The van der Waals surface area contributed by atoms with E-state index in [9.17, 15) is 0 Å². The quantitative estimate of drug-likeness (QED) is 0.919. The maximum atomic E-state index is 8.61. The van der Waals surface area contributed by atoms with Crippen molar-refractivity contribution in [2.24, 2.45) is 0 Å². The lowest BCUT2D eigenvalue weighted by atomic mass is 10.3. The molecule has 0 unspecified atom stereocenters. The Balaban J connectivity index is 2.18. The Hall–Kier alpha value is -2.32. The lowest BCUT2D eigenvalue weighted by Crippen LogP contribution is -1.96. The van der Waals surface area contributed by atoms with E-state index in [1.165, 1.54) is 0 Å². The van der Waals surface area contributed by atoms with Crippen molar-refractivity contribution < 1.29 is 4.74 Å². The topological polar surface area (TPSA) is 70.8 Å². The molecule has 1 N–H and O–H groups in total. The van der Waals surface area contributed by atoms with Gasteiger partial charge in [0.1, 0.15) is 11.8 Å². The number of nitrogens with zero attached hydrogens (tertiary/aromatic N) is 3. The number of anilines is 2. The molecule has 18 heavy (non-hydrogen) atoms. The van der Waals surface area contributed by atoms with Crippen LogP contribution in [0.3, 0.4) is 0 Å². The molecule has 90 valence electrons. The molecule has 2 rings (SSSR count). The van der Waals surface area contributed by atoms with Crippen molar-refractivity contribution >= 4 is 23.1 Å². The van der Waals surface area contributed by atoms with E-state index >= 15 is 0 Å². The van der Waals surface area contributed by atoms with Crippen LogP contribution in [0.15, 0.2) is 30.3 Å². The molecule has 0 aliphatic rings. The molecule has 6 heteroatoms. The Bertz CT molecular complexity index is 592. The summed E-state index contributed by atoms with van der Waals surface area (Å²) in [7, 11) is 1.56. The monoisotopic (exact) mass is 260 g/mol. The molecule has 0 aliphatic carbocycles. The minimum Gasteiger partial charge on any atom is -0.495 e. The Morgan fingerprint density at radius 2 is 2.11 bits per heavy atom. The van der Waals surface area contributed by atoms with Gasteiger partial charge in [0.25, 0.3) is 0 Å². The van der Waals surface area contributed by atoms with Crippen LogP contribution in [-0.2, 0) is 0 Å². The first-order chi connectivity index (χ1) is 8.72. The molecule has 0 fully saturated rings. The molecule has 0 atom stereocenters. The number of nitriles is 1. The summed E-state index contributed by atoms with van der Waals surface area (Å²) in [6.07, 6.45) is 0. The van der Waals surface area contributed by atoms with Crippen molar-refractivity contribution in [1.82, 2.24) is 10.2 Å². The zero-order valence-corrected chi connectivity index (χ0v) is 10.3. The molecule has 1 heterocycles. The largest absolute Gasteiger partial charge is 0.495 e. The molecule has 2 aromatic rings. The first-order valence-corrected chi connectivity index (χ1v) is 5.45. The van der Waals surface area contributed by atoms with E-state index in [1.54, 1.807) is 31.4 Å². The van der Waals surface area contributed by atoms with Gasteiger partial charge in [-0.15, -0.1) is 10.2 Å². The molecule has 0 aliphatic heterocycles. The molecule has 0 radical (unpaired) electrons. The number of hydrogen-bond donors (Lipinski definition) is 1. The molecule has 0 saturated heterocycles. The molecule has 1 aromatic heterocycles. The van der Waals surface area contributed by atoms with Gasteiger partial charge in [-0.2, -0.15) is 5.26 Å². The molecule has 0 bridgehead atoms. The number of rotatable bonds is 3. The fourth-order valence-electron chi connectivity index (χ4n) is 1.35. The third-order valence-electron chi connectivity index (χ3n) is 2.20. The van der Waals surface area contributed by atoms with E-state index in [1.807, 2.05) is 12.1 Å². The zero-order chi connectivity index (χ0) is 13.0. The molecule has 0 saturated carbocycles. The van der Waals surface area contributed by atoms with Crippen LogP contribution in [0, 0.1) is 11.3 Å². The fourth-order valence-corrected chi connectivity index (χ4v) is 1.61. The highest BCUT2D eigenvalue weighted by Gasteiger charge is 2.03. The van der Waals surface area contributed by atoms with Crippen LogP contribution in [-0.4, -0.2) is 17.3 Å². The highest BCUT2D eigenvalue weighted by molar-refractivity contribution is 6.32. The Morgan fingerprint density at radius 3 is 2.67 bits per heavy atom. The van der Waals surface area contributed by atoms with Crippen LogP contribution in [0.1, 0.15) is 5.69 Å². The predicted octanol–water partition coefficient (Wildman–Crippen LogP) is 2.75. The second-order valence-electron chi connectivity index (χ2n) is 3.39. The second kappa shape index (κ2) is 5.34. The van der Waals surface area contributed by atoms with Gasteiger partial charge in [-0.05, 0) is 30.3 Å². The summed E-state index contributed by atoms with van der Waals surface area (Å²) in [5.41, 5.74) is 1.04. The SMILES string of the molecule is COc1ccc(Nc2ccc(C#N)nn2)cc1Cl. The molecule has 1 aromatic carbocycles. The highest BCUT2D eigenvalue weighted by Crippen LogP contribution is 2.28.